The minimum absolute atomic E-state index is 0.359. The second-order valence-electron chi connectivity index (χ2n) is 2.97. The molecule has 0 unspecified atom stereocenters. The molecular formula is C8H15NO6. The summed E-state index contributed by atoms with van der Waals surface area (Å²) < 4.78 is 0. The predicted octanol–water partition coefficient (Wildman–Crippen LogP) is -2.96. The number of amides is 1. The van der Waals surface area contributed by atoms with Crippen molar-refractivity contribution < 1.29 is 30.3 Å². The number of nitrogens with zero attached hydrogens (tertiary/aromatic N) is 1. The van der Waals surface area contributed by atoms with Crippen molar-refractivity contribution in [2.75, 3.05) is 13.2 Å². The Bertz CT molecular complexity index is 241. The molecule has 0 aliphatic heterocycles. The van der Waals surface area contributed by atoms with Crippen LogP contribution in [-0.4, -0.2) is 68.7 Å². The Morgan fingerprint density at radius 3 is 2.13 bits per heavy atom. The molecule has 88 valence electrons. The highest BCUT2D eigenvalue weighted by Gasteiger charge is 2.28. The standard InChI is InChI=1S/C8H15NO6/c1-4(12)9-5(2-10)7(14)8(15)6(13)3-11/h6-8,10-11,13-15H,2-3H2,1H3/t6-,7-,8-/m1/s1. The van der Waals surface area contributed by atoms with Crippen molar-refractivity contribution in [2.24, 2.45) is 4.99 Å². The summed E-state index contributed by atoms with van der Waals surface area (Å²) in [6.07, 6.45) is -4.97. The third kappa shape index (κ3) is 4.45. The first-order valence-corrected chi connectivity index (χ1v) is 4.28. The SMILES string of the molecule is CC(=O)N=C(CO)[C@@H](O)[C@H](O)[C@H](O)CO. The number of aliphatic hydroxyl groups is 5. The lowest BCUT2D eigenvalue weighted by Gasteiger charge is -2.21. The lowest BCUT2D eigenvalue weighted by molar-refractivity contribution is -0.115. The highest BCUT2D eigenvalue weighted by molar-refractivity contribution is 5.98. The first-order valence-electron chi connectivity index (χ1n) is 4.28. The molecule has 0 heterocycles. The molecule has 0 rings (SSSR count). The van der Waals surface area contributed by atoms with E-state index >= 15 is 0 Å². The van der Waals surface area contributed by atoms with Gasteiger partial charge in [-0.1, -0.05) is 0 Å². The van der Waals surface area contributed by atoms with Crippen LogP contribution in [0.3, 0.4) is 0 Å². The Labute approximate surface area is 86.3 Å². The molecule has 1 amide bonds. The zero-order valence-corrected chi connectivity index (χ0v) is 8.24. The Morgan fingerprint density at radius 1 is 1.27 bits per heavy atom. The maximum atomic E-state index is 10.6. The van der Waals surface area contributed by atoms with Crippen molar-refractivity contribution in [3.8, 4) is 0 Å². The van der Waals surface area contributed by atoms with Gasteiger partial charge in [-0.3, -0.25) is 4.79 Å². The molecule has 0 fully saturated rings. The van der Waals surface area contributed by atoms with Crippen molar-refractivity contribution >= 4 is 11.6 Å². The molecule has 5 N–H and O–H groups in total. The largest absolute Gasteiger partial charge is 0.394 e. The van der Waals surface area contributed by atoms with Gasteiger partial charge < -0.3 is 25.5 Å². The van der Waals surface area contributed by atoms with Crippen LogP contribution in [-0.2, 0) is 4.79 Å². The van der Waals surface area contributed by atoms with Crippen LogP contribution in [0.2, 0.25) is 0 Å². The van der Waals surface area contributed by atoms with Crippen LogP contribution in [0, 0.1) is 0 Å². The number of rotatable bonds is 5. The van der Waals surface area contributed by atoms with Gasteiger partial charge in [-0.25, -0.2) is 4.99 Å². The molecule has 0 aromatic carbocycles. The van der Waals surface area contributed by atoms with Crippen LogP contribution < -0.4 is 0 Å². The summed E-state index contributed by atoms with van der Waals surface area (Å²) in [5.74, 6) is -0.649. The fraction of sp³-hybridized carbons (Fsp3) is 0.750. The molecule has 0 saturated carbocycles. The van der Waals surface area contributed by atoms with E-state index in [1.807, 2.05) is 0 Å². The Kier molecular flexibility index (Phi) is 6.21. The molecular weight excluding hydrogens is 206 g/mol. The Balaban J connectivity index is 4.64. The molecule has 7 heteroatoms. The number of aliphatic hydroxyl groups excluding tert-OH is 5. The van der Waals surface area contributed by atoms with Crippen molar-refractivity contribution in [2.45, 2.75) is 25.2 Å². The van der Waals surface area contributed by atoms with Gasteiger partial charge in [0.15, 0.2) is 0 Å². The maximum absolute atomic E-state index is 10.6. The predicted molar refractivity (Wildman–Crippen MR) is 50.3 cm³/mol. The molecule has 0 aromatic rings. The minimum Gasteiger partial charge on any atom is -0.394 e. The highest BCUT2D eigenvalue weighted by atomic mass is 16.4. The smallest absolute Gasteiger partial charge is 0.242 e. The highest BCUT2D eigenvalue weighted by Crippen LogP contribution is 2.02. The van der Waals surface area contributed by atoms with E-state index in [-0.39, 0.29) is 5.71 Å². The molecule has 0 aromatic heterocycles. The van der Waals surface area contributed by atoms with Crippen LogP contribution in [0.25, 0.3) is 0 Å². The van der Waals surface area contributed by atoms with Crippen molar-refractivity contribution in [3.63, 3.8) is 0 Å². The zero-order chi connectivity index (χ0) is 12.0. The van der Waals surface area contributed by atoms with E-state index in [0.29, 0.717) is 0 Å². The molecule has 0 radical (unpaired) electrons. The van der Waals surface area contributed by atoms with Crippen LogP contribution in [0.15, 0.2) is 4.99 Å². The lowest BCUT2D eigenvalue weighted by atomic mass is 10.0. The number of hydrogen-bond acceptors (Lipinski definition) is 6. The Hall–Kier alpha value is -0.860. The first-order chi connectivity index (χ1) is 6.93. The van der Waals surface area contributed by atoms with Crippen LogP contribution in [0.4, 0.5) is 0 Å². The van der Waals surface area contributed by atoms with Crippen molar-refractivity contribution in [1.82, 2.24) is 0 Å². The number of aliphatic imine (C=N–C) groups is 1. The topological polar surface area (TPSA) is 131 Å². The summed E-state index contributed by atoms with van der Waals surface area (Å²) in [4.78, 5) is 13.8. The molecule has 0 aliphatic carbocycles. The molecule has 15 heavy (non-hydrogen) atoms. The number of hydrogen-bond donors (Lipinski definition) is 5. The summed E-state index contributed by atoms with van der Waals surface area (Å²) in [7, 11) is 0. The van der Waals surface area contributed by atoms with E-state index in [0.717, 1.165) is 6.92 Å². The van der Waals surface area contributed by atoms with Crippen LogP contribution >= 0.6 is 0 Å². The Morgan fingerprint density at radius 2 is 1.80 bits per heavy atom. The van der Waals surface area contributed by atoms with E-state index in [4.69, 9.17) is 15.3 Å². The summed E-state index contributed by atoms with van der Waals surface area (Å²) in [5, 5.41) is 44.8. The second-order valence-corrected chi connectivity index (χ2v) is 2.97. The van der Waals surface area contributed by atoms with E-state index < -0.39 is 37.4 Å². The van der Waals surface area contributed by atoms with Gasteiger partial charge >= 0.3 is 0 Å². The average Bonchev–Trinajstić information content (AvgIpc) is 2.22. The van der Waals surface area contributed by atoms with Crippen molar-refractivity contribution in [3.05, 3.63) is 0 Å². The third-order valence-corrected chi connectivity index (χ3v) is 1.71. The minimum atomic E-state index is -1.71. The monoisotopic (exact) mass is 221 g/mol. The van der Waals surface area contributed by atoms with Crippen LogP contribution in [0.5, 0.6) is 0 Å². The van der Waals surface area contributed by atoms with Gasteiger partial charge in [-0.05, 0) is 0 Å². The fourth-order valence-electron chi connectivity index (χ4n) is 0.913. The maximum Gasteiger partial charge on any atom is 0.242 e. The number of carbonyl (C=O) groups excluding carboxylic acids is 1. The number of carbonyl (C=O) groups is 1. The molecule has 0 bridgehead atoms. The van der Waals surface area contributed by atoms with Crippen LogP contribution in [0.1, 0.15) is 6.92 Å². The lowest BCUT2D eigenvalue weighted by Crippen LogP contribution is -2.45. The van der Waals surface area contributed by atoms with Gasteiger partial charge in [0.1, 0.15) is 18.3 Å². The normalized spacial score (nSPS) is 18.4. The quantitative estimate of drug-likeness (QED) is 0.315. The summed E-state index contributed by atoms with van der Waals surface area (Å²) in [6, 6.07) is 0. The van der Waals surface area contributed by atoms with Gasteiger partial charge in [-0.2, -0.15) is 0 Å². The van der Waals surface area contributed by atoms with Gasteiger partial charge in [0, 0.05) is 6.92 Å². The van der Waals surface area contributed by atoms with Gasteiger partial charge in [0.25, 0.3) is 0 Å². The third-order valence-electron chi connectivity index (χ3n) is 1.71. The zero-order valence-electron chi connectivity index (χ0n) is 8.24. The molecule has 0 spiro atoms. The van der Waals surface area contributed by atoms with E-state index in [2.05, 4.69) is 4.99 Å². The van der Waals surface area contributed by atoms with Crippen molar-refractivity contribution in [1.29, 1.82) is 0 Å². The fourth-order valence-corrected chi connectivity index (χ4v) is 0.913. The van der Waals surface area contributed by atoms with E-state index in [1.165, 1.54) is 0 Å². The van der Waals surface area contributed by atoms with E-state index in [9.17, 15) is 15.0 Å². The average molecular weight is 221 g/mol. The van der Waals surface area contributed by atoms with E-state index in [1.54, 1.807) is 0 Å². The van der Waals surface area contributed by atoms with Gasteiger partial charge in [0.2, 0.25) is 5.91 Å². The second kappa shape index (κ2) is 6.59. The molecule has 0 aliphatic rings. The summed E-state index contributed by atoms with van der Waals surface area (Å²) in [5.41, 5.74) is -0.359. The first kappa shape index (κ1) is 14.1. The molecule has 7 nitrogen and oxygen atoms in total. The summed E-state index contributed by atoms with van der Waals surface area (Å²) >= 11 is 0. The summed E-state index contributed by atoms with van der Waals surface area (Å²) in [6.45, 7) is -0.371. The molecule has 0 saturated heterocycles. The van der Waals surface area contributed by atoms with Gasteiger partial charge in [0.05, 0.1) is 18.9 Å². The van der Waals surface area contributed by atoms with Gasteiger partial charge in [-0.15, -0.1) is 0 Å². The molecule has 3 atom stereocenters.